The zero-order chi connectivity index (χ0) is 15.5. The van der Waals surface area contributed by atoms with Crippen LogP contribution in [0.4, 0.5) is 13.2 Å². The van der Waals surface area contributed by atoms with Crippen molar-refractivity contribution in [1.82, 2.24) is 10.2 Å². The minimum absolute atomic E-state index is 0.0111. The Labute approximate surface area is 122 Å². The van der Waals surface area contributed by atoms with Gasteiger partial charge in [0.1, 0.15) is 0 Å². The monoisotopic (exact) mass is 300 g/mol. The molecule has 0 atom stereocenters. The molecule has 1 aromatic carbocycles. The number of piperidine rings is 1. The van der Waals surface area contributed by atoms with Crippen LogP contribution in [0.15, 0.2) is 24.3 Å². The van der Waals surface area contributed by atoms with Crippen molar-refractivity contribution in [2.24, 2.45) is 0 Å². The van der Waals surface area contributed by atoms with Gasteiger partial charge in [-0.15, -0.1) is 0 Å². The molecule has 1 N–H and O–H groups in total. The standard InChI is InChI=1S/C15H19F3N2O/c1-19-14(21)10-20-8-6-12(7-9-20)11-2-4-13(5-3-11)15(16,17)18/h2-5,12H,6-10H2,1H3,(H,19,21). The lowest BCUT2D eigenvalue weighted by Gasteiger charge is -2.31. The first kappa shape index (κ1) is 15.8. The Kier molecular flexibility index (Phi) is 4.88. The Morgan fingerprint density at radius 2 is 1.81 bits per heavy atom. The summed E-state index contributed by atoms with van der Waals surface area (Å²) in [6.45, 7) is 1.97. The van der Waals surface area contributed by atoms with Gasteiger partial charge in [0.15, 0.2) is 0 Å². The molecular formula is C15H19F3N2O. The van der Waals surface area contributed by atoms with E-state index >= 15 is 0 Å². The van der Waals surface area contributed by atoms with Gasteiger partial charge in [0.2, 0.25) is 5.91 Å². The summed E-state index contributed by atoms with van der Waals surface area (Å²) in [6, 6.07) is 5.43. The van der Waals surface area contributed by atoms with Gasteiger partial charge in [0.05, 0.1) is 12.1 Å². The zero-order valence-corrected chi connectivity index (χ0v) is 11.9. The second kappa shape index (κ2) is 6.47. The number of nitrogens with zero attached hydrogens (tertiary/aromatic N) is 1. The number of amides is 1. The van der Waals surface area contributed by atoms with E-state index in [9.17, 15) is 18.0 Å². The summed E-state index contributed by atoms with van der Waals surface area (Å²) in [7, 11) is 1.61. The van der Waals surface area contributed by atoms with Crippen molar-refractivity contribution in [2.45, 2.75) is 24.9 Å². The molecule has 1 saturated heterocycles. The fraction of sp³-hybridized carbons (Fsp3) is 0.533. The molecule has 0 aliphatic carbocycles. The molecule has 3 nitrogen and oxygen atoms in total. The molecule has 116 valence electrons. The molecule has 0 bridgehead atoms. The predicted octanol–water partition coefficient (Wildman–Crippen LogP) is 2.63. The van der Waals surface area contributed by atoms with Gasteiger partial charge in [0.25, 0.3) is 0 Å². The normalized spacial score (nSPS) is 17.7. The third-order valence-corrected chi connectivity index (χ3v) is 3.94. The van der Waals surface area contributed by atoms with E-state index in [0.29, 0.717) is 6.54 Å². The molecule has 1 aliphatic rings. The van der Waals surface area contributed by atoms with E-state index in [4.69, 9.17) is 0 Å². The highest BCUT2D eigenvalue weighted by atomic mass is 19.4. The molecule has 21 heavy (non-hydrogen) atoms. The summed E-state index contributed by atoms with van der Waals surface area (Å²) in [6.07, 6.45) is -2.56. The highest BCUT2D eigenvalue weighted by Gasteiger charge is 2.30. The Hall–Kier alpha value is -1.56. The van der Waals surface area contributed by atoms with E-state index in [2.05, 4.69) is 10.2 Å². The second-order valence-corrected chi connectivity index (χ2v) is 5.34. The molecule has 0 unspecified atom stereocenters. The van der Waals surface area contributed by atoms with E-state index < -0.39 is 11.7 Å². The zero-order valence-electron chi connectivity index (χ0n) is 11.9. The number of benzene rings is 1. The second-order valence-electron chi connectivity index (χ2n) is 5.34. The fourth-order valence-electron chi connectivity index (χ4n) is 2.65. The summed E-state index contributed by atoms with van der Waals surface area (Å²) in [4.78, 5) is 13.4. The number of likely N-dealkylation sites (N-methyl/N-ethyl adjacent to an activating group) is 1. The van der Waals surface area contributed by atoms with Gasteiger partial charge < -0.3 is 5.32 Å². The molecule has 1 amide bonds. The molecule has 2 rings (SSSR count). The Balaban J connectivity index is 1.92. The number of hydrogen-bond acceptors (Lipinski definition) is 2. The van der Waals surface area contributed by atoms with Crippen LogP contribution in [0, 0.1) is 0 Å². The van der Waals surface area contributed by atoms with Crippen LogP contribution in [0.2, 0.25) is 0 Å². The van der Waals surface area contributed by atoms with Gasteiger partial charge in [-0.3, -0.25) is 9.69 Å². The first-order valence-corrected chi connectivity index (χ1v) is 7.00. The fourth-order valence-corrected chi connectivity index (χ4v) is 2.65. The van der Waals surface area contributed by atoms with Crippen LogP contribution < -0.4 is 5.32 Å². The average molecular weight is 300 g/mol. The van der Waals surface area contributed by atoms with Crippen molar-refractivity contribution >= 4 is 5.91 Å². The van der Waals surface area contributed by atoms with Crippen LogP contribution >= 0.6 is 0 Å². The highest BCUT2D eigenvalue weighted by Crippen LogP contribution is 2.32. The Bertz CT molecular complexity index is 477. The van der Waals surface area contributed by atoms with Crippen molar-refractivity contribution in [1.29, 1.82) is 0 Å². The average Bonchev–Trinajstić information content (AvgIpc) is 2.47. The van der Waals surface area contributed by atoms with Crippen LogP contribution in [-0.2, 0) is 11.0 Å². The van der Waals surface area contributed by atoms with Crippen LogP contribution in [0.25, 0.3) is 0 Å². The van der Waals surface area contributed by atoms with Crippen LogP contribution in [0.1, 0.15) is 29.9 Å². The third-order valence-electron chi connectivity index (χ3n) is 3.94. The maximum atomic E-state index is 12.5. The van der Waals surface area contributed by atoms with Crippen LogP contribution in [-0.4, -0.2) is 37.5 Å². The predicted molar refractivity (Wildman–Crippen MR) is 73.9 cm³/mol. The summed E-state index contributed by atoms with van der Waals surface area (Å²) < 4.78 is 37.6. The molecule has 0 aromatic heterocycles. The van der Waals surface area contributed by atoms with E-state index in [1.54, 1.807) is 19.2 Å². The van der Waals surface area contributed by atoms with Gasteiger partial charge in [-0.2, -0.15) is 13.2 Å². The summed E-state index contributed by atoms with van der Waals surface area (Å²) in [5, 5.41) is 2.59. The molecule has 1 heterocycles. The molecule has 0 spiro atoms. The Morgan fingerprint density at radius 1 is 1.24 bits per heavy atom. The van der Waals surface area contributed by atoms with Crippen molar-refractivity contribution in [3.8, 4) is 0 Å². The largest absolute Gasteiger partial charge is 0.416 e. The van der Waals surface area contributed by atoms with Gasteiger partial charge in [-0.25, -0.2) is 0 Å². The number of likely N-dealkylation sites (tertiary alicyclic amines) is 1. The number of carbonyl (C=O) groups is 1. The van der Waals surface area contributed by atoms with E-state index in [1.165, 1.54) is 0 Å². The molecular weight excluding hydrogens is 281 g/mol. The smallest absolute Gasteiger partial charge is 0.358 e. The molecule has 0 radical (unpaired) electrons. The topological polar surface area (TPSA) is 32.3 Å². The van der Waals surface area contributed by atoms with E-state index in [1.807, 2.05) is 0 Å². The van der Waals surface area contributed by atoms with E-state index in [-0.39, 0.29) is 11.8 Å². The van der Waals surface area contributed by atoms with Gasteiger partial charge in [0, 0.05) is 7.05 Å². The van der Waals surface area contributed by atoms with Crippen molar-refractivity contribution < 1.29 is 18.0 Å². The van der Waals surface area contributed by atoms with Gasteiger partial charge >= 0.3 is 6.18 Å². The number of alkyl halides is 3. The first-order valence-electron chi connectivity index (χ1n) is 7.00. The third kappa shape index (κ3) is 4.20. The molecule has 1 fully saturated rings. The number of rotatable bonds is 3. The maximum absolute atomic E-state index is 12.5. The number of carbonyl (C=O) groups excluding carboxylic acids is 1. The SMILES string of the molecule is CNC(=O)CN1CCC(c2ccc(C(F)(F)F)cc2)CC1. The van der Waals surface area contributed by atoms with Gasteiger partial charge in [-0.05, 0) is 49.5 Å². The van der Waals surface area contributed by atoms with Crippen LogP contribution in [0.3, 0.4) is 0 Å². The van der Waals surface area contributed by atoms with Crippen molar-refractivity contribution in [3.63, 3.8) is 0 Å². The molecule has 0 saturated carbocycles. The first-order chi connectivity index (χ1) is 9.90. The van der Waals surface area contributed by atoms with E-state index in [0.717, 1.165) is 43.6 Å². The van der Waals surface area contributed by atoms with Crippen LogP contribution in [0.5, 0.6) is 0 Å². The summed E-state index contributed by atoms with van der Waals surface area (Å²) in [5.41, 5.74) is 0.339. The maximum Gasteiger partial charge on any atom is 0.416 e. The van der Waals surface area contributed by atoms with Crippen molar-refractivity contribution in [3.05, 3.63) is 35.4 Å². The summed E-state index contributed by atoms with van der Waals surface area (Å²) in [5.74, 6) is 0.260. The lowest BCUT2D eigenvalue weighted by Crippen LogP contribution is -2.40. The number of hydrogen-bond donors (Lipinski definition) is 1. The van der Waals surface area contributed by atoms with Crippen molar-refractivity contribution in [2.75, 3.05) is 26.7 Å². The minimum Gasteiger partial charge on any atom is -0.358 e. The van der Waals surface area contributed by atoms with Gasteiger partial charge in [-0.1, -0.05) is 12.1 Å². The number of nitrogens with one attached hydrogen (secondary N) is 1. The number of halogens is 3. The molecule has 1 aromatic rings. The minimum atomic E-state index is -4.28. The Morgan fingerprint density at radius 3 is 2.29 bits per heavy atom. The molecule has 6 heteroatoms. The highest BCUT2D eigenvalue weighted by molar-refractivity contribution is 5.77. The molecule has 1 aliphatic heterocycles. The lowest BCUT2D eigenvalue weighted by molar-refractivity contribution is -0.137. The quantitative estimate of drug-likeness (QED) is 0.930. The lowest BCUT2D eigenvalue weighted by atomic mass is 9.89. The summed E-state index contributed by atoms with van der Waals surface area (Å²) >= 11 is 0.